The quantitative estimate of drug-likeness (QED) is 0.760. The minimum atomic E-state index is -0.613. The zero-order chi connectivity index (χ0) is 11.7. The highest BCUT2D eigenvalue weighted by molar-refractivity contribution is 7.31. The van der Waals surface area contributed by atoms with Gasteiger partial charge in [0.25, 0.3) is 0 Å². The van der Waals surface area contributed by atoms with Crippen molar-refractivity contribution in [2.75, 3.05) is 0 Å². The first-order valence-corrected chi connectivity index (χ1v) is 13.2. The summed E-state index contributed by atoms with van der Waals surface area (Å²) in [5.41, 5.74) is 0. The van der Waals surface area contributed by atoms with Crippen molar-refractivity contribution < 1.29 is 0 Å². The Balaban J connectivity index is 2.28. The molecule has 0 radical (unpaired) electrons. The number of thiophene rings is 2. The fourth-order valence-corrected chi connectivity index (χ4v) is 6.84. The van der Waals surface area contributed by atoms with Crippen LogP contribution in [-0.4, -0.2) is 17.6 Å². The third kappa shape index (κ3) is 2.56. The molecule has 2 rings (SSSR count). The first-order chi connectivity index (χ1) is 7.58. The van der Waals surface area contributed by atoms with Crippen LogP contribution in [0.1, 0.15) is 0 Å². The highest BCUT2D eigenvalue weighted by atomic mass is 32.1. The van der Waals surface area contributed by atoms with Crippen LogP contribution in [0.2, 0.25) is 26.2 Å². The second kappa shape index (κ2) is 5.00. The van der Waals surface area contributed by atoms with Crippen LogP contribution in [0.5, 0.6) is 0 Å². The first-order valence-electron chi connectivity index (χ1n) is 5.77. The fourth-order valence-electron chi connectivity index (χ4n) is 1.59. The summed E-state index contributed by atoms with van der Waals surface area (Å²) in [6.07, 6.45) is 0. The Kier molecular flexibility index (Phi) is 3.84. The summed E-state index contributed by atoms with van der Waals surface area (Å²) >= 11 is 4.01. The lowest BCUT2D eigenvalue weighted by molar-refractivity contribution is 1.93. The van der Waals surface area contributed by atoms with E-state index in [-0.39, 0.29) is 0 Å². The van der Waals surface area contributed by atoms with Gasteiger partial charge in [-0.1, -0.05) is 38.3 Å². The lowest BCUT2D eigenvalue weighted by Gasteiger charge is -1.97. The zero-order valence-electron chi connectivity index (χ0n) is 10.3. The van der Waals surface area contributed by atoms with Crippen LogP contribution in [0.15, 0.2) is 24.3 Å². The Morgan fingerprint density at radius 3 is 1.31 bits per heavy atom. The van der Waals surface area contributed by atoms with Gasteiger partial charge in [0, 0.05) is 9.75 Å². The fraction of sp³-hybridized carbons (Fsp3) is 0.333. The molecule has 0 aromatic carbocycles. The average molecular weight is 283 g/mol. The van der Waals surface area contributed by atoms with Crippen molar-refractivity contribution in [2.24, 2.45) is 0 Å². The smallest absolute Gasteiger partial charge is 0.0775 e. The molecule has 2 aromatic heterocycles. The maximum Gasteiger partial charge on any atom is 0.0775 e. The van der Waals surface area contributed by atoms with Crippen LogP contribution in [0.25, 0.3) is 9.75 Å². The lowest BCUT2D eigenvalue weighted by atomic mass is 10.4. The molecule has 0 N–H and O–H groups in total. The second-order valence-electron chi connectivity index (χ2n) is 4.71. The molecule has 0 saturated heterocycles. The van der Waals surface area contributed by atoms with Crippen LogP contribution >= 0.6 is 22.7 Å². The molecule has 16 heavy (non-hydrogen) atoms. The van der Waals surface area contributed by atoms with Crippen LogP contribution in [0.4, 0.5) is 0 Å². The molecule has 2 heterocycles. The maximum absolute atomic E-state index is 2.40. The Bertz CT molecular complexity index is 425. The topological polar surface area (TPSA) is 0 Å². The minimum absolute atomic E-state index is 0.613. The van der Waals surface area contributed by atoms with Crippen LogP contribution in [0, 0.1) is 0 Å². The molecule has 0 fully saturated rings. The highest BCUT2D eigenvalue weighted by Crippen LogP contribution is 2.27. The lowest BCUT2D eigenvalue weighted by Crippen LogP contribution is -2.17. The molecule has 0 saturated carbocycles. The van der Waals surface area contributed by atoms with E-state index in [1.165, 1.54) is 9.75 Å². The van der Waals surface area contributed by atoms with Crippen molar-refractivity contribution in [3.63, 3.8) is 0 Å². The highest BCUT2D eigenvalue weighted by Gasteiger charge is 2.10. The molecular weight excluding hydrogens is 264 g/mol. The Morgan fingerprint density at radius 1 is 0.688 bits per heavy atom. The van der Waals surface area contributed by atoms with Crippen molar-refractivity contribution >= 4 is 49.3 Å². The standard InChI is InChI=1S/C12H18S2Si2/c1-15(2)11-7-5-9(13-11)10-6-8-12(14-10)16(3)4/h5-8,15-16H,1-4H3. The van der Waals surface area contributed by atoms with Crippen LogP contribution in [0.3, 0.4) is 0 Å². The predicted octanol–water partition coefficient (Wildman–Crippen LogP) is 2.86. The summed E-state index contributed by atoms with van der Waals surface area (Å²) in [6.45, 7) is 9.60. The normalized spacial score (nSPS) is 11.6. The molecular formula is C12H18S2Si2. The molecule has 0 aliphatic heterocycles. The summed E-state index contributed by atoms with van der Waals surface area (Å²) in [4.78, 5) is 2.95. The van der Waals surface area contributed by atoms with Gasteiger partial charge in [-0.25, -0.2) is 0 Å². The van der Waals surface area contributed by atoms with Crippen molar-refractivity contribution in [2.45, 2.75) is 26.2 Å². The third-order valence-electron chi connectivity index (χ3n) is 2.63. The van der Waals surface area contributed by atoms with Crippen LogP contribution < -0.4 is 9.00 Å². The van der Waals surface area contributed by atoms with E-state index in [1.54, 1.807) is 9.00 Å². The van der Waals surface area contributed by atoms with E-state index in [0.717, 1.165) is 0 Å². The predicted molar refractivity (Wildman–Crippen MR) is 84.7 cm³/mol. The summed E-state index contributed by atoms with van der Waals surface area (Å²) in [7, 11) is -1.23. The second-order valence-corrected chi connectivity index (χ2v) is 13.6. The molecule has 0 spiro atoms. The van der Waals surface area contributed by atoms with Gasteiger partial charge in [0.2, 0.25) is 0 Å². The SMILES string of the molecule is C[SiH](C)c1ccc(-c2ccc([SiH](C)C)s2)s1. The van der Waals surface area contributed by atoms with Gasteiger partial charge in [0.1, 0.15) is 0 Å². The van der Waals surface area contributed by atoms with Crippen molar-refractivity contribution in [3.05, 3.63) is 24.3 Å². The summed E-state index contributed by atoms with van der Waals surface area (Å²) in [5.74, 6) is 0. The largest absolute Gasteiger partial charge is 0.145 e. The van der Waals surface area contributed by atoms with E-state index in [1.807, 2.05) is 22.7 Å². The van der Waals surface area contributed by atoms with Gasteiger partial charge in [0.05, 0.1) is 17.6 Å². The maximum atomic E-state index is 2.40. The van der Waals surface area contributed by atoms with Gasteiger partial charge in [-0.15, -0.1) is 22.7 Å². The van der Waals surface area contributed by atoms with E-state index >= 15 is 0 Å². The van der Waals surface area contributed by atoms with Gasteiger partial charge >= 0.3 is 0 Å². The van der Waals surface area contributed by atoms with Gasteiger partial charge in [-0.2, -0.15) is 0 Å². The minimum Gasteiger partial charge on any atom is -0.145 e. The summed E-state index contributed by atoms with van der Waals surface area (Å²) in [6, 6.07) is 9.29. The molecule has 0 amide bonds. The molecule has 0 bridgehead atoms. The monoisotopic (exact) mass is 282 g/mol. The molecule has 0 aliphatic rings. The first kappa shape index (κ1) is 12.3. The molecule has 2 aromatic rings. The van der Waals surface area contributed by atoms with Crippen molar-refractivity contribution in [1.29, 1.82) is 0 Å². The van der Waals surface area contributed by atoms with E-state index in [9.17, 15) is 0 Å². The number of rotatable bonds is 3. The Morgan fingerprint density at radius 2 is 1.06 bits per heavy atom. The molecule has 0 atom stereocenters. The van der Waals surface area contributed by atoms with Gasteiger partial charge in [-0.3, -0.25) is 0 Å². The Hall–Kier alpha value is -0.166. The Labute approximate surface area is 109 Å². The van der Waals surface area contributed by atoms with E-state index in [0.29, 0.717) is 0 Å². The van der Waals surface area contributed by atoms with Crippen LogP contribution in [-0.2, 0) is 0 Å². The molecule has 0 aliphatic carbocycles. The number of hydrogen-bond donors (Lipinski definition) is 0. The third-order valence-corrected chi connectivity index (χ3v) is 10.9. The summed E-state index contributed by atoms with van der Waals surface area (Å²) < 4.78 is 3.26. The van der Waals surface area contributed by atoms with Gasteiger partial charge < -0.3 is 0 Å². The average Bonchev–Trinajstić information content (AvgIpc) is 2.86. The van der Waals surface area contributed by atoms with Gasteiger partial charge in [0.15, 0.2) is 0 Å². The molecule has 0 nitrogen and oxygen atoms in total. The van der Waals surface area contributed by atoms with E-state index < -0.39 is 17.6 Å². The molecule has 0 unspecified atom stereocenters. The van der Waals surface area contributed by atoms with E-state index in [4.69, 9.17) is 0 Å². The van der Waals surface area contributed by atoms with E-state index in [2.05, 4.69) is 50.5 Å². The number of hydrogen-bond acceptors (Lipinski definition) is 2. The van der Waals surface area contributed by atoms with Gasteiger partial charge in [-0.05, 0) is 21.1 Å². The summed E-state index contributed by atoms with van der Waals surface area (Å²) in [5, 5.41) is 0. The zero-order valence-corrected chi connectivity index (χ0v) is 14.2. The molecule has 86 valence electrons. The molecule has 4 heteroatoms. The van der Waals surface area contributed by atoms with Crippen molar-refractivity contribution in [3.8, 4) is 9.75 Å². The van der Waals surface area contributed by atoms with Crippen molar-refractivity contribution in [1.82, 2.24) is 0 Å².